The van der Waals surface area contributed by atoms with Gasteiger partial charge in [0, 0.05) is 10.9 Å². The van der Waals surface area contributed by atoms with E-state index in [0.29, 0.717) is 23.3 Å². The molecule has 0 amide bonds. The highest BCUT2D eigenvalue weighted by Gasteiger charge is 2.35. The van der Waals surface area contributed by atoms with E-state index in [9.17, 15) is 8.42 Å². The van der Waals surface area contributed by atoms with Crippen molar-refractivity contribution < 1.29 is 16.8 Å². The van der Waals surface area contributed by atoms with Crippen LogP contribution in [0.15, 0.2) is 24.3 Å². The zero-order valence-electron chi connectivity index (χ0n) is 13.9. The van der Waals surface area contributed by atoms with Gasteiger partial charge in [0.25, 0.3) is 0 Å². The predicted molar refractivity (Wildman–Crippen MR) is 91.2 cm³/mol. The fraction of sp³-hybridized carbons (Fsp3) is 0.444. The first kappa shape index (κ1) is 16.1. The van der Waals surface area contributed by atoms with Gasteiger partial charge in [0.05, 0.1) is 0 Å². The Kier molecular flexibility index (Phi) is 4.00. The number of rotatable bonds is 4. The van der Waals surface area contributed by atoms with Gasteiger partial charge in [0.1, 0.15) is 0 Å². The molecule has 4 nitrogen and oxygen atoms in total. The van der Waals surface area contributed by atoms with Crippen molar-refractivity contribution in [3.05, 3.63) is 35.4 Å². The van der Waals surface area contributed by atoms with Gasteiger partial charge in [0.2, 0.25) is 0 Å². The van der Waals surface area contributed by atoms with Gasteiger partial charge >= 0.3 is 10.4 Å². The summed E-state index contributed by atoms with van der Waals surface area (Å²) < 4.78 is 34.1. The van der Waals surface area contributed by atoms with Crippen molar-refractivity contribution in [2.24, 2.45) is 11.8 Å². The van der Waals surface area contributed by atoms with E-state index in [1.54, 1.807) is 0 Å². The van der Waals surface area contributed by atoms with Gasteiger partial charge in [-0.25, -0.2) is 0 Å². The number of hydrogen-bond donors (Lipinski definition) is 0. The van der Waals surface area contributed by atoms with Gasteiger partial charge in [-0.15, -0.1) is 8.42 Å². The Morgan fingerprint density at radius 2 is 1.35 bits per heavy atom. The first-order valence-electron chi connectivity index (χ1n) is 7.99. The maximum absolute atomic E-state index is 11.9. The molecule has 0 N–H and O–H groups in total. The lowest BCUT2D eigenvalue weighted by molar-refractivity contribution is 0.435. The molecule has 0 bridgehead atoms. The van der Waals surface area contributed by atoms with Gasteiger partial charge < -0.3 is 8.37 Å². The number of benzene rings is 2. The highest BCUT2D eigenvalue weighted by Crippen LogP contribution is 2.48. The molecule has 0 atom stereocenters. The van der Waals surface area contributed by atoms with Gasteiger partial charge in [-0.1, -0.05) is 52.0 Å². The number of hydrogen-bond acceptors (Lipinski definition) is 4. The van der Waals surface area contributed by atoms with Crippen LogP contribution < -0.4 is 8.37 Å². The Morgan fingerprint density at radius 1 is 0.826 bits per heavy atom. The maximum Gasteiger partial charge on any atom is 0.501 e. The monoisotopic (exact) mass is 334 g/mol. The van der Waals surface area contributed by atoms with E-state index in [1.165, 1.54) is 5.56 Å². The second-order valence-electron chi connectivity index (χ2n) is 6.93. The van der Waals surface area contributed by atoms with Crippen LogP contribution in [0.2, 0.25) is 0 Å². The van der Waals surface area contributed by atoms with Crippen LogP contribution in [0.5, 0.6) is 11.5 Å². The van der Waals surface area contributed by atoms with Gasteiger partial charge in [-0.3, -0.25) is 0 Å². The molecular formula is C18H22O4S. The van der Waals surface area contributed by atoms with E-state index in [1.807, 2.05) is 24.3 Å². The lowest BCUT2D eigenvalue weighted by atomic mass is 9.87. The molecule has 0 radical (unpaired) electrons. The summed E-state index contributed by atoms with van der Waals surface area (Å²) in [7, 11) is -4.00. The molecule has 23 heavy (non-hydrogen) atoms. The summed E-state index contributed by atoms with van der Waals surface area (Å²) in [6.07, 6.45) is 1.63. The van der Waals surface area contributed by atoms with Crippen molar-refractivity contribution in [2.75, 3.05) is 0 Å². The maximum atomic E-state index is 11.9. The average molecular weight is 334 g/mol. The van der Waals surface area contributed by atoms with Crippen LogP contribution in [-0.2, 0) is 23.2 Å². The Labute approximate surface area is 137 Å². The molecule has 0 aliphatic carbocycles. The zero-order chi connectivity index (χ0) is 16.8. The quantitative estimate of drug-likeness (QED) is 0.838. The molecule has 3 rings (SSSR count). The van der Waals surface area contributed by atoms with Gasteiger partial charge in [-0.2, -0.15) is 0 Å². The van der Waals surface area contributed by atoms with Crippen LogP contribution in [-0.4, -0.2) is 8.42 Å². The summed E-state index contributed by atoms with van der Waals surface area (Å²) in [5.41, 5.74) is 2.13. The van der Waals surface area contributed by atoms with E-state index in [4.69, 9.17) is 8.37 Å². The molecule has 5 heteroatoms. The van der Waals surface area contributed by atoms with Crippen molar-refractivity contribution in [1.82, 2.24) is 0 Å². The van der Waals surface area contributed by atoms with Crippen LogP contribution in [0.4, 0.5) is 0 Å². The fourth-order valence-corrected chi connectivity index (χ4v) is 3.94. The molecule has 1 heterocycles. The summed E-state index contributed by atoms with van der Waals surface area (Å²) in [5.74, 6) is 1.57. The normalized spacial score (nSPS) is 15.7. The van der Waals surface area contributed by atoms with Crippen LogP contribution in [0, 0.1) is 11.8 Å². The van der Waals surface area contributed by atoms with E-state index in [-0.39, 0.29) is 0 Å². The zero-order valence-corrected chi connectivity index (χ0v) is 14.7. The predicted octanol–water partition coefficient (Wildman–Crippen LogP) is 4.25. The molecule has 1 aliphatic heterocycles. The second kappa shape index (κ2) is 5.71. The Hall–Kier alpha value is -1.75. The third-order valence-corrected chi connectivity index (χ3v) is 4.68. The van der Waals surface area contributed by atoms with Crippen LogP contribution in [0.3, 0.4) is 0 Å². The second-order valence-corrected chi connectivity index (χ2v) is 8.08. The van der Waals surface area contributed by atoms with Gasteiger partial charge in [0.15, 0.2) is 11.5 Å². The highest BCUT2D eigenvalue weighted by molar-refractivity contribution is 7.82. The molecule has 0 spiro atoms. The van der Waals surface area contributed by atoms with Crippen molar-refractivity contribution >= 4 is 21.2 Å². The first-order chi connectivity index (χ1) is 10.8. The fourth-order valence-electron chi connectivity index (χ4n) is 3.16. The summed E-state index contributed by atoms with van der Waals surface area (Å²) in [4.78, 5) is 0. The van der Waals surface area contributed by atoms with Crippen molar-refractivity contribution in [3.8, 4) is 11.5 Å². The third-order valence-electron chi connectivity index (χ3n) is 3.94. The van der Waals surface area contributed by atoms with E-state index < -0.39 is 10.4 Å². The Morgan fingerprint density at radius 3 is 1.96 bits per heavy atom. The van der Waals surface area contributed by atoms with E-state index >= 15 is 0 Å². The third kappa shape index (κ3) is 3.02. The topological polar surface area (TPSA) is 52.6 Å². The molecule has 0 saturated carbocycles. The molecule has 2 aromatic rings. The molecule has 0 aromatic heterocycles. The van der Waals surface area contributed by atoms with Crippen LogP contribution in [0.25, 0.3) is 10.8 Å². The summed E-state index contributed by atoms with van der Waals surface area (Å²) >= 11 is 0. The van der Waals surface area contributed by atoms with Gasteiger partial charge in [-0.05, 0) is 35.6 Å². The van der Waals surface area contributed by atoms with Crippen molar-refractivity contribution in [1.29, 1.82) is 0 Å². The summed E-state index contributed by atoms with van der Waals surface area (Å²) in [5, 5.41) is 1.85. The van der Waals surface area contributed by atoms with Crippen LogP contribution in [0.1, 0.15) is 38.8 Å². The lowest BCUT2D eigenvalue weighted by Gasteiger charge is -2.18. The largest absolute Gasteiger partial charge is 0.501 e. The average Bonchev–Trinajstić information content (AvgIpc) is 2.77. The SMILES string of the molecule is CC(C)Cc1c2c(c3ccccc3c1CC(C)C)OS(=O)(=O)O2. The Balaban J connectivity index is 2.36. The van der Waals surface area contributed by atoms with E-state index in [0.717, 1.165) is 29.2 Å². The molecule has 0 fully saturated rings. The lowest BCUT2D eigenvalue weighted by Crippen LogP contribution is -2.09. The van der Waals surface area contributed by atoms with Crippen LogP contribution >= 0.6 is 0 Å². The number of fused-ring (bicyclic) bond motifs is 3. The minimum absolute atomic E-state index is 0.337. The minimum Gasteiger partial charge on any atom is -0.348 e. The molecule has 124 valence electrons. The van der Waals surface area contributed by atoms with Crippen molar-refractivity contribution in [3.63, 3.8) is 0 Å². The highest BCUT2D eigenvalue weighted by atomic mass is 32.3. The smallest absolute Gasteiger partial charge is 0.348 e. The molecule has 0 saturated heterocycles. The molecule has 2 aromatic carbocycles. The summed E-state index contributed by atoms with van der Waals surface area (Å²) in [6.45, 7) is 8.56. The van der Waals surface area contributed by atoms with Crippen molar-refractivity contribution in [2.45, 2.75) is 40.5 Å². The molecule has 1 aliphatic rings. The molecule has 0 unspecified atom stereocenters. The first-order valence-corrected chi connectivity index (χ1v) is 9.32. The minimum atomic E-state index is -4.00. The van der Waals surface area contributed by atoms with E-state index in [2.05, 4.69) is 27.7 Å². The Bertz CT molecular complexity index is 851. The summed E-state index contributed by atoms with van der Waals surface area (Å²) in [6, 6.07) is 7.78. The standard InChI is InChI=1S/C18H22O4S/c1-11(2)9-15-13-7-5-6-8-14(13)17-18(16(15)10-12(3)4)22-23(19,20)21-17/h5-8,11-12H,9-10H2,1-4H3. The molecular weight excluding hydrogens is 312 g/mol.